The van der Waals surface area contributed by atoms with Crippen molar-refractivity contribution in [2.24, 2.45) is 4.99 Å². The first-order valence-corrected chi connectivity index (χ1v) is 20.4. The van der Waals surface area contributed by atoms with E-state index in [1.807, 2.05) is 48.5 Å². The van der Waals surface area contributed by atoms with E-state index in [1.54, 1.807) is 66.9 Å². The number of likely N-dealkylation sites (tertiary alicyclic amines) is 2. The minimum absolute atomic E-state index is 0.173. The molecule has 0 radical (unpaired) electrons. The van der Waals surface area contributed by atoms with E-state index in [0.29, 0.717) is 22.5 Å². The molecule has 3 aliphatic rings. The molecule has 0 spiro atoms. The van der Waals surface area contributed by atoms with Crippen LogP contribution in [0, 0.1) is 0 Å². The molecule has 17 heteroatoms. The van der Waals surface area contributed by atoms with Gasteiger partial charge in [-0.3, -0.25) is 14.6 Å². The molecule has 4 aromatic carbocycles. The van der Waals surface area contributed by atoms with E-state index in [2.05, 4.69) is 25.6 Å². The fourth-order valence-corrected chi connectivity index (χ4v) is 8.39. The van der Waals surface area contributed by atoms with Crippen LogP contribution in [0.25, 0.3) is 28.0 Å². The Bertz CT molecular complexity index is 2590. The number of imidazole rings is 1. The van der Waals surface area contributed by atoms with Crippen LogP contribution in [-0.2, 0) is 19.1 Å². The summed E-state index contributed by atoms with van der Waals surface area (Å²) in [6.45, 7) is -1.68. The molecule has 8 rings (SSSR count). The number of halogens is 4. The Kier molecular flexibility index (Phi) is 12.1. The second-order valence-corrected chi connectivity index (χ2v) is 15.8. The highest BCUT2D eigenvalue weighted by atomic mass is 19.3. The summed E-state index contributed by atoms with van der Waals surface area (Å²) in [7, 11) is 2.30. The number of alkyl carbamates (subject to hydrolysis) is 2. The van der Waals surface area contributed by atoms with Gasteiger partial charge in [0.15, 0.2) is 0 Å². The van der Waals surface area contributed by atoms with Crippen molar-refractivity contribution in [2.45, 2.75) is 55.3 Å². The van der Waals surface area contributed by atoms with Gasteiger partial charge in [-0.25, -0.2) is 32.1 Å². The monoisotopic (exact) mass is 877 g/mol. The normalized spacial score (nSPS) is 19.6. The first kappa shape index (κ1) is 43.4. The molecular formula is C47H43F4N7O6. The Morgan fingerprint density at radius 1 is 0.656 bits per heavy atom. The number of carbonyl (C=O) groups is 4. The number of nitrogens with one attached hydrogen (secondary N) is 3. The fourth-order valence-electron chi connectivity index (χ4n) is 8.39. The van der Waals surface area contributed by atoms with Crippen LogP contribution in [-0.4, -0.2) is 94.7 Å². The third-order valence-electron chi connectivity index (χ3n) is 11.6. The highest BCUT2D eigenvalue weighted by Crippen LogP contribution is 2.42. The summed E-state index contributed by atoms with van der Waals surface area (Å²) >= 11 is 0. The Balaban J connectivity index is 0.932. The fraction of sp³-hybridized carbons (Fsp3) is 0.277. The lowest BCUT2D eigenvalue weighted by atomic mass is 9.95. The van der Waals surface area contributed by atoms with E-state index in [9.17, 15) is 28.0 Å². The summed E-state index contributed by atoms with van der Waals surface area (Å²) in [5.41, 5.74) is 5.88. The quantitative estimate of drug-likeness (QED) is 0.113. The van der Waals surface area contributed by atoms with Gasteiger partial charge in [-0.15, -0.1) is 0 Å². The molecule has 13 nitrogen and oxygen atoms in total. The van der Waals surface area contributed by atoms with Gasteiger partial charge in [0.05, 0.1) is 51.3 Å². The Morgan fingerprint density at radius 2 is 1.11 bits per heavy atom. The molecule has 0 unspecified atom stereocenters. The predicted molar refractivity (Wildman–Crippen MR) is 228 cm³/mol. The number of ether oxygens (including phenoxy) is 2. The zero-order valence-corrected chi connectivity index (χ0v) is 34.6. The number of allylic oxidation sites excluding steroid dienone is 1. The topological polar surface area (TPSA) is 158 Å². The number of aromatic nitrogens is 2. The molecule has 1 aromatic heterocycles. The number of aromatic amines is 1. The SMILES string of the molecule is COC(=O)N[C@@H](C(=O)N1CC(F)(F)C[C@H]1C1=NC=C(c2ccc(-c3ccc(-c4cnc([C@@H]5CC(F)(F)CN5C(=O)[C@H](NC(=O)OC)c5ccccc5)[nH]4)cc3)cc2)C1)c1ccccc1. The maximum Gasteiger partial charge on any atom is 0.407 e. The molecular weight excluding hydrogens is 835 g/mol. The average molecular weight is 878 g/mol. The van der Waals surface area contributed by atoms with E-state index in [-0.39, 0.29) is 12.2 Å². The number of aliphatic imine (C=N–C) groups is 1. The zero-order chi connectivity index (χ0) is 45.2. The van der Waals surface area contributed by atoms with Crippen LogP contribution in [0.3, 0.4) is 0 Å². The molecule has 4 amide bonds. The number of carbonyl (C=O) groups excluding carboxylic acids is 4. The number of methoxy groups -OCH3 is 2. The Labute approximate surface area is 365 Å². The minimum atomic E-state index is -3.20. The molecule has 64 heavy (non-hydrogen) atoms. The first-order chi connectivity index (χ1) is 30.7. The van der Waals surface area contributed by atoms with Crippen LogP contribution in [0.15, 0.2) is 127 Å². The van der Waals surface area contributed by atoms with Crippen molar-refractivity contribution in [3.05, 3.63) is 144 Å². The summed E-state index contributed by atoms with van der Waals surface area (Å²) in [6.07, 6.45) is 0.369. The summed E-state index contributed by atoms with van der Waals surface area (Å²) in [5.74, 6) is -7.62. The average Bonchev–Trinajstić information content (AvgIpc) is 4.13. The first-order valence-electron chi connectivity index (χ1n) is 20.4. The lowest BCUT2D eigenvalue weighted by Crippen LogP contribution is -2.47. The van der Waals surface area contributed by atoms with Crippen LogP contribution >= 0.6 is 0 Å². The van der Waals surface area contributed by atoms with Crippen molar-refractivity contribution < 1.29 is 46.2 Å². The zero-order valence-electron chi connectivity index (χ0n) is 34.6. The largest absolute Gasteiger partial charge is 0.453 e. The lowest BCUT2D eigenvalue weighted by molar-refractivity contribution is -0.136. The third-order valence-corrected chi connectivity index (χ3v) is 11.6. The standard InChI is InChI=1S/C47H43F4N7O6/c1-63-44(61)55-39(32-9-5-3-6-10-32)42(59)57-26-46(48,49)22-37(57)35-21-34(24-52-35)30-15-13-28(14-16-30)29-17-19-31(20-18-29)36-25-53-41(54-36)38-23-47(50,51)27-58(38)43(60)40(56-45(62)64-2)33-11-7-4-8-12-33/h3-20,24-25,37-40H,21-23,26-27H2,1-2H3,(H,53,54)(H,55,61)(H,56,62)/t37-,38-,39+,40+/m0/s1. The summed E-state index contributed by atoms with van der Waals surface area (Å²) in [5, 5.41) is 4.97. The second-order valence-electron chi connectivity index (χ2n) is 15.8. The van der Waals surface area contributed by atoms with Crippen LogP contribution in [0.1, 0.15) is 59.9 Å². The van der Waals surface area contributed by atoms with Crippen molar-refractivity contribution >= 4 is 35.3 Å². The number of nitrogens with zero attached hydrogens (tertiary/aromatic N) is 4. The maximum absolute atomic E-state index is 15.0. The van der Waals surface area contributed by atoms with Crippen LogP contribution in [0.5, 0.6) is 0 Å². The molecule has 4 atom stereocenters. The number of rotatable bonds is 11. The van der Waals surface area contributed by atoms with Gasteiger partial charge in [0.1, 0.15) is 17.9 Å². The van der Waals surface area contributed by atoms with Crippen molar-refractivity contribution in [1.29, 1.82) is 0 Å². The van der Waals surface area contributed by atoms with Gasteiger partial charge in [-0.1, -0.05) is 109 Å². The summed E-state index contributed by atoms with van der Waals surface area (Å²) in [4.78, 5) is 66.3. The van der Waals surface area contributed by atoms with E-state index in [0.717, 1.165) is 51.8 Å². The smallest absolute Gasteiger partial charge is 0.407 e. The van der Waals surface area contributed by atoms with Crippen LogP contribution in [0.4, 0.5) is 27.2 Å². The highest BCUT2D eigenvalue weighted by Gasteiger charge is 2.52. The number of H-pyrrole nitrogens is 1. The van der Waals surface area contributed by atoms with Gasteiger partial charge in [-0.2, -0.15) is 0 Å². The summed E-state index contributed by atoms with van der Waals surface area (Å²) in [6, 6.07) is 27.2. The molecule has 0 saturated carbocycles. The maximum atomic E-state index is 15.0. The van der Waals surface area contributed by atoms with Gasteiger partial charge < -0.3 is 34.9 Å². The second kappa shape index (κ2) is 17.8. The summed E-state index contributed by atoms with van der Waals surface area (Å²) < 4.78 is 69.4. The van der Waals surface area contributed by atoms with Crippen LogP contribution in [0.2, 0.25) is 0 Å². The number of hydrogen-bond donors (Lipinski definition) is 3. The molecule has 0 aliphatic carbocycles. The number of amides is 4. The van der Waals surface area contributed by atoms with Gasteiger partial charge >= 0.3 is 12.2 Å². The molecule has 3 N–H and O–H groups in total. The third kappa shape index (κ3) is 9.23. The number of benzene rings is 4. The molecule has 3 aliphatic heterocycles. The number of alkyl halides is 4. The van der Waals surface area contributed by atoms with Gasteiger partial charge in [-0.05, 0) is 39.0 Å². The Hall–Kier alpha value is -7.30. The van der Waals surface area contributed by atoms with E-state index in [1.165, 1.54) is 6.20 Å². The van der Waals surface area contributed by atoms with E-state index < -0.39 is 85.9 Å². The van der Waals surface area contributed by atoms with Crippen molar-refractivity contribution in [1.82, 2.24) is 30.4 Å². The van der Waals surface area contributed by atoms with Crippen molar-refractivity contribution in [3.63, 3.8) is 0 Å². The molecule has 0 bridgehead atoms. The van der Waals surface area contributed by atoms with E-state index >= 15 is 8.78 Å². The molecule has 2 fully saturated rings. The lowest BCUT2D eigenvalue weighted by Gasteiger charge is -2.29. The molecule has 2 saturated heterocycles. The van der Waals surface area contributed by atoms with Gasteiger partial charge in [0, 0.05) is 31.2 Å². The van der Waals surface area contributed by atoms with Gasteiger partial charge in [0.25, 0.3) is 23.7 Å². The molecule has 5 aromatic rings. The predicted octanol–water partition coefficient (Wildman–Crippen LogP) is 8.27. The van der Waals surface area contributed by atoms with Crippen molar-refractivity contribution in [3.8, 4) is 22.4 Å². The Morgan fingerprint density at radius 3 is 1.61 bits per heavy atom. The highest BCUT2D eigenvalue weighted by molar-refractivity contribution is 6.04. The van der Waals surface area contributed by atoms with Crippen LogP contribution < -0.4 is 10.6 Å². The van der Waals surface area contributed by atoms with E-state index in [4.69, 9.17) is 9.47 Å². The van der Waals surface area contributed by atoms with Gasteiger partial charge in [0.2, 0.25) is 0 Å². The van der Waals surface area contributed by atoms with Crippen molar-refractivity contribution in [2.75, 3.05) is 27.3 Å². The number of hydrogen-bond acceptors (Lipinski definition) is 8. The molecule has 330 valence electrons. The molecule has 4 heterocycles. The minimum Gasteiger partial charge on any atom is -0.453 e.